The van der Waals surface area contributed by atoms with E-state index in [0.717, 1.165) is 0 Å². The fourth-order valence-corrected chi connectivity index (χ4v) is 2.04. The molecule has 1 N–H and O–H groups in total. The van der Waals surface area contributed by atoms with E-state index in [1.165, 1.54) is 12.1 Å². The molecule has 6 heteroatoms. The summed E-state index contributed by atoms with van der Waals surface area (Å²) in [4.78, 5) is 20.9. The minimum absolute atomic E-state index is 0.0607. The fraction of sp³-hybridized carbons (Fsp3) is 0.222. The molecule has 0 fully saturated rings. The van der Waals surface area contributed by atoms with Gasteiger partial charge in [-0.2, -0.15) is 0 Å². The van der Waals surface area contributed by atoms with Crippen molar-refractivity contribution in [2.75, 3.05) is 0 Å². The van der Waals surface area contributed by atoms with Crippen LogP contribution in [0.1, 0.15) is 21.5 Å². The van der Waals surface area contributed by atoms with Crippen LogP contribution in [-0.2, 0) is 5.33 Å². The van der Waals surface area contributed by atoms with Gasteiger partial charge in [0.1, 0.15) is 0 Å². The molecule has 0 aliphatic carbocycles. The molecule has 15 heavy (non-hydrogen) atoms. The van der Waals surface area contributed by atoms with Crippen LogP contribution in [0.15, 0.2) is 12.1 Å². The van der Waals surface area contributed by atoms with Gasteiger partial charge in [0.2, 0.25) is 0 Å². The number of benzene rings is 1. The van der Waals surface area contributed by atoms with E-state index in [9.17, 15) is 14.9 Å². The summed E-state index contributed by atoms with van der Waals surface area (Å²) in [6, 6.07) is 2.47. The van der Waals surface area contributed by atoms with Gasteiger partial charge in [-0.1, -0.05) is 15.9 Å². The van der Waals surface area contributed by atoms with E-state index in [1.54, 1.807) is 6.92 Å². The van der Waals surface area contributed by atoms with Crippen molar-refractivity contribution in [1.82, 2.24) is 0 Å². The first-order valence-corrected chi connectivity index (χ1v) is 5.17. The molecule has 0 radical (unpaired) electrons. The van der Waals surface area contributed by atoms with E-state index in [-0.39, 0.29) is 16.6 Å². The molecule has 0 bridgehead atoms. The molecule has 0 saturated carbocycles. The van der Waals surface area contributed by atoms with E-state index in [2.05, 4.69) is 15.9 Å². The summed E-state index contributed by atoms with van der Waals surface area (Å²) >= 11 is 3.12. The Kier molecular flexibility index (Phi) is 3.41. The van der Waals surface area contributed by atoms with Crippen molar-refractivity contribution in [3.63, 3.8) is 0 Å². The molecule has 1 aromatic carbocycles. The van der Waals surface area contributed by atoms with Crippen LogP contribution in [0.3, 0.4) is 0 Å². The normalized spacial score (nSPS) is 10.0. The molecule has 0 aliphatic heterocycles. The summed E-state index contributed by atoms with van der Waals surface area (Å²) in [6.45, 7) is 1.54. The average Bonchev–Trinajstić information content (AvgIpc) is 2.16. The van der Waals surface area contributed by atoms with Crippen LogP contribution in [0.2, 0.25) is 0 Å². The molecule has 0 atom stereocenters. The summed E-state index contributed by atoms with van der Waals surface area (Å²) in [5, 5.41) is 19.8. The number of carbonyl (C=O) groups is 1. The molecule has 1 aromatic rings. The topological polar surface area (TPSA) is 80.4 Å². The van der Waals surface area contributed by atoms with Gasteiger partial charge >= 0.3 is 5.97 Å². The van der Waals surface area contributed by atoms with Crippen LogP contribution in [0.4, 0.5) is 5.69 Å². The molecule has 0 saturated heterocycles. The SMILES string of the molecule is Cc1c([N+](=O)[O-])ccc(C(=O)O)c1CBr. The third kappa shape index (κ3) is 2.15. The van der Waals surface area contributed by atoms with Crippen molar-refractivity contribution < 1.29 is 14.8 Å². The number of hydrogen-bond acceptors (Lipinski definition) is 3. The predicted molar refractivity (Wildman–Crippen MR) is 57.4 cm³/mol. The number of rotatable bonds is 3. The Bertz CT molecular complexity index is 430. The third-order valence-electron chi connectivity index (χ3n) is 2.13. The quantitative estimate of drug-likeness (QED) is 0.521. The van der Waals surface area contributed by atoms with E-state index in [1.807, 2.05) is 0 Å². The maximum Gasteiger partial charge on any atom is 0.336 e. The summed E-state index contributed by atoms with van der Waals surface area (Å²) in [5.41, 5.74) is 0.859. The van der Waals surface area contributed by atoms with Crippen LogP contribution < -0.4 is 0 Å². The van der Waals surface area contributed by atoms with Gasteiger partial charge in [0.05, 0.1) is 10.5 Å². The third-order valence-corrected chi connectivity index (χ3v) is 2.69. The van der Waals surface area contributed by atoms with Crippen molar-refractivity contribution in [1.29, 1.82) is 0 Å². The highest BCUT2D eigenvalue weighted by Crippen LogP contribution is 2.26. The fourth-order valence-electron chi connectivity index (χ4n) is 1.31. The maximum absolute atomic E-state index is 10.8. The second-order valence-corrected chi connectivity index (χ2v) is 3.49. The number of halogens is 1. The van der Waals surface area contributed by atoms with Crippen LogP contribution in [0.5, 0.6) is 0 Å². The molecular formula is C9H8BrNO4. The number of carboxylic acid groups (broad SMARTS) is 1. The molecule has 0 spiro atoms. The molecule has 0 unspecified atom stereocenters. The van der Waals surface area contributed by atoms with Gasteiger partial charge in [-0.15, -0.1) is 0 Å². The van der Waals surface area contributed by atoms with Gasteiger partial charge in [0.15, 0.2) is 0 Å². The zero-order chi connectivity index (χ0) is 11.6. The van der Waals surface area contributed by atoms with Crippen molar-refractivity contribution in [2.45, 2.75) is 12.3 Å². The van der Waals surface area contributed by atoms with E-state index in [0.29, 0.717) is 11.1 Å². The van der Waals surface area contributed by atoms with E-state index >= 15 is 0 Å². The maximum atomic E-state index is 10.8. The zero-order valence-corrected chi connectivity index (χ0v) is 9.44. The molecule has 0 aromatic heterocycles. The van der Waals surface area contributed by atoms with Crippen LogP contribution >= 0.6 is 15.9 Å². The highest BCUT2D eigenvalue weighted by atomic mass is 79.9. The molecule has 1 rings (SSSR count). The molecule has 5 nitrogen and oxygen atoms in total. The second kappa shape index (κ2) is 4.39. The number of alkyl halides is 1. The summed E-state index contributed by atoms with van der Waals surface area (Å²) in [5.74, 6) is -1.08. The van der Waals surface area contributed by atoms with Crippen molar-refractivity contribution in [2.24, 2.45) is 0 Å². The highest BCUT2D eigenvalue weighted by molar-refractivity contribution is 9.08. The monoisotopic (exact) mass is 273 g/mol. The van der Waals surface area contributed by atoms with Crippen LogP contribution in [0, 0.1) is 17.0 Å². The molecule has 80 valence electrons. The van der Waals surface area contributed by atoms with Gasteiger partial charge in [-0.3, -0.25) is 10.1 Å². The van der Waals surface area contributed by atoms with Gasteiger partial charge in [-0.05, 0) is 18.6 Å². The lowest BCUT2D eigenvalue weighted by Gasteiger charge is -2.06. The predicted octanol–water partition coefficient (Wildman–Crippen LogP) is 2.50. The Balaban J connectivity index is 3.45. The second-order valence-electron chi connectivity index (χ2n) is 2.93. The van der Waals surface area contributed by atoms with Crippen LogP contribution in [-0.4, -0.2) is 16.0 Å². The van der Waals surface area contributed by atoms with Gasteiger partial charge in [0.25, 0.3) is 5.69 Å². The lowest BCUT2D eigenvalue weighted by Crippen LogP contribution is -2.05. The Hall–Kier alpha value is -1.43. The van der Waals surface area contributed by atoms with Crippen molar-refractivity contribution in [3.8, 4) is 0 Å². The van der Waals surface area contributed by atoms with Gasteiger partial charge in [0, 0.05) is 17.0 Å². The number of carboxylic acids is 1. The average molecular weight is 274 g/mol. The number of aromatic carboxylic acids is 1. The first kappa shape index (κ1) is 11.6. The number of hydrogen-bond donors (Lipinski definition) is 1. The minimum Gasteiger partial charge on any atom is -0.478 e. The molecule has 0 aliphatic rings. The first-order chi connectivity index (χ1) is 6.99. The van der Waals surface area contributed by atoms with Gasteiger partial charge < -0.3 is 5.11 Å². The largest absolute Gasteiger partial charge is 0.478 e. The Labute approximate surface area is 94.0 Å². The Morgan fingerprint density at radius 3 is 2.60 bits per heavy atom. The van der Waals surface area contributed by atoms with Gasteiger partial charge in [-0.25, -0.2) is 4.79 Å². The minimum atomic E-state index is -1.08. The molecule has 0 amide bonds. The Morgan fingerprint density at radius 1 is 1.60 bits per heavy atom. The summed E-state index contributed by atoms with van der Waals surface area (Å²) in [6.07, 6.45) is 0. The number of nitro groups is 1. The zero-order valence-electron chi connectivity index (χ0n) is 7.86. The smallest absolute Gasteiger partial charge is 0.336 e. The summed E-state index contributed by atoms with van der Waals surface area (Å²) in [7, 11) is 0. The van der Waals surface area contributed by atoms with Crippen molar-refractivity contribution >= 4 is 27.6 Å². The summed E-state index contributed by atoms with van der Waals surface area (Å²) < 4.78 is 0. The number of nitrogens with zero attached hydrogens (tertiary/aromatic N) is 1. The lowest BCUT2D eigenvalue weighted by molar-refractivity contribution is -0.385. The van der Waals surface area contributed by atoms with Crippen molar-refractivity contribution in [3.05, 3.63) is 38.9 Å². The highest BCUT2D eigenvalue weighted by Gasteiger charge is 2.19. The first-order valence-electron chi connectivity index (χ1n) is 4.05. The molecule has 0 heterocycles. The Morgan fingerprint density at radius 2 is 2.20 bits per heavy atom. The van der Waals surface area contributed by atoms with Crippen LogP contribution in [0.25, 0.3) is 0 Å². The van der Waals surface area contributed by atoms with E-state index in [4.69, 9.17) is 5.11 Å². The number of nitro benzene ring substituents is 1. The standard InChI is InChI=1S/C9H8BrNO4/c1-5-7(4-10)6(9(12)13)2-3-8(5)11(14)15/h2-3H,4H2,1H3,(H,12,13). The molecular weight excluding hydrogens is 266 g/mol. The lowest BCUT2D eigenvalue weighted by atomic mass is 10.0. The van der Waals surface area contributed by atoms with E-state index < -0.39 is 10.9 Å².